The molecule has 1 aromatic carbocycles. The highest BCUT2D eigenvalue weighted by molar-refractivity contribution is 9.09. The molecule has 0 amide bonds. The van der Waals surface area contributed by atoms with Crippen LogP contribution in [0.1, 0.15) is 18.4 Å². The fourth-order valence-corrected chi connectivity index (χ4v) is 6.44. The standard InChI is InChI=1S/C19H28BrF3N4O7S2/c1-24(2)14-4-7-26(8-5-14)36(32,33)17-13-15(27(28)29)12-16(19(21,22)23)18(17)25(9-6-20)10-11-34-35(3,30)31/h12-14H,4-11H2,1-3H3. The Labute approximate surface area is 216 Å². The van der Waals surface area contributed by atoms with Gasteiger partial charge < -0.3 is 9.80 Å². The normalized spacial score (nSPS) is 16.4. The Kier molecular flexibility index (Phi) is 10.1. The minimum atomic E-state index is -5.15. The maximum atomic E-state index is 14.2. The average Bonchev–Trinajstić information content (AvgIpc) is 2.76. The van der Waals surface area contributed by atoms with Gasteiger partial charge in [0, 0.05) is 49.7 Å². The molecule has 0 saturated carbocycles. The van der Waals surface area contributed by atoms with Crippen LogP contribution < -0.4 is 4.90 Å². The summed E-state index contributed by atoms with van der Waals surface area (Å²) >= 11 is 3.11. The van der Waals surface area contributed by atoms with Crippen molar-refractivity contribution in [1.82, 2.24) is 9.21 Å². The molecule has 1 fully saturated rings. The number of hydrogen-bond donors (Lipinski definition) is 0. The van der Waals surface area contributed by atoms with Gasteiger partial charge in [0.1, 0.15) is 4.90 Å². The predicted octanol–water partition coefficient (Wildman–Crippen LogP) is 2.51. The summed E-state index contributed by atoms with van der Waals surface area (Å²) in [5, 5.41) is 11.6. The van der Waals surface area contributed by atoms with Crippen molar-refractivity contribution >= 4 is 47.4 Å². The lowest BCUT2D eigenvalue weighted by Crippen LogP contribution is -2.45. The molecule has 0 atom stereocenters. The molecule has 11 nitrogen and oxygen atoms in total. The highest BCUT2D eigenvalue weighted by Gasteiger charge is 2.42. The van der Waals surface area contributed by atoms with Gasteiger partial charge in [-0.3, -0.25) is 14.3 Å². The molecule has 0 radical (unpaired) electrons. The van der Waals surface area contributed by atoms with Crippen LogP contribution in [0.15, 0.2) is 17.0 Å². The molecule has 0 aromatic heterocycles. The van der Waals surface area contributed by atoms with Crippen molar-refractivity contribution < 1.29 is 39.1 Å². The lowest BCUT2D eigenvalue weighted by atomic mass is 10.1. The van der Waals surface area contributed by atoms with Crippen LogP contribution in [0.3, 0.4) is 0 Å². The van der Waals surface area contributed by atoms with Crippen molar-refractivity contribution in [3.8, 4) is 0 Å². The minimum absolute atomic E-state index is 0.0182. The highest BCUT2D eigenvalue weighted by Crippen LogP contribution is 2.44. The number of benzene rings is 1. The monoisotopic (exact) mass is 624 g/mol. The summed E-state index contributed by atoms with van der Waals surface area (Å²) in [6.07, 6.45) is -3.53. The van der Waals surface area contributed by atoms with Crippen LogP contribution in [0.5, 0.6) is 0 Å². The molecule has 0 unspecified atom stereocenters. The third-order valence-electron chi connectivity index (χ3n) is 5.68. The second-order valence-electron chi connectivity index (χ2n) is 8.40. The van der Waals surface area contributed by atoms with E-state index in [4.69, 9.17) is 0 Å². The number of nitro groups is 1. The van der Waals surface area contributed by atoms with Crippen LogP contribution >= 0.6 is 15.9 Å². The van der Waals surface area contributed by atoms with Gasteiger partial charge in [-0.15, -0.1) is 0 Å². The van der Waals surface area contributed by atoms with Gasteiger partial charge in [-0.05, 0) is 26.9 Å². The lowest BCUT2D eigenvalue weighted by Gasteiger charge is -2.36. The summed E-state index contributed by atoms with van der Waals surface area (Å²) in [4.78, 5) is 12.4. The highest BCUT2D eigenvalue weighted by atomic mass is 79.9. The SMILES string of the molecule is CN(C)C1CCN(S(=O)(=O)c2cc([N+](=O)[O-])cc(C(F)(F)F)c2N(CCBr)CCOS(C)(=O)=O)CC1. The molecule has 1 aliphatic heterocycles. The summed E-state index contributed by atoms with van der Waals surface area (Å²) in [5.74, 6) is 0. The Morgan fingerprint density at radius 3 is 2.19 bits per heavy atom. The van der Waals surface area contributed by atoms with E-state index in [-0.39, 0.29) is 37.1 Å². The van der Waals surface area contributed by atoms with Gasteiger partial charge in [-0.25, -0.2) is 8.42 Å². The van der Waals surface area contributed by atoms with Crippen molar-refractivity contribution in [3.63, 3.8) is 0 Å². The van der Waals surface area contributed by atoms with Gasteiger partial charge in [0.15, 0.2) is 0 Å². The predicted molar refractivity (Wildman–Crippen MR) is 130 cm³/mol. The summed E-state index contributed by atoms with van der Waals surface area (Å²) < 4.78 is 98.1. The smallest absolute Gasteiger partial charge is 0.367 e. The third-order valence-corrected chi connectivity index (χ3v) is 8.54. The van der Waals surface area contributed by atoms with E-state index < -0.39 is 66.2 Å². The van der Waals surface area contributed by atoms with E-state index in [9.17, 15) is 40.1 Å². The number of rotatable bonds is 11. The van der Waals surface area contributed by atoms with E-state index in [2.05, 4.69) is 20.1 Å². The van der Waals surface area contributed by atoms with Crippen LogP contribution in [0.2, 0.25) is 0 Å². The third kappa shape index (κ3) is 7.74. The number of hydrogen-bond acceptors (Lipinski definition) is 9. The first kappa shape index (κ1) is 30.7. The molecule has 1 aliphatic rings. The van der Waals surface area contributed by atoms with Gasteiger partial charge >= 0.3 is 6.18 Å². The molecule has 36 heavy (non-hydrogen) atoms. The first-order chi connectivity index (χ1) is 16.5. The Morgan fingerprint density at radius 1 is 1.17 bits per heavy atom. The molecule has 0 bridgehead atoms. The Bertz CT molecular complexity index is 1160. The number of non-ortho nitro benzene ring substituents is 1. The van der Waals surface area contributed by atoms with Crippen LogP contribution in [-0.4, -0.2) is 95.5 Å². The maximum absolute atomic E-state index is 14.2. The molecular formula is C19H28BrF3N4O7S2. The van der Waals surface area contributed by atoms with Crippen LogP contribution in [0, 0.1) is 10.1 Å². The van der Waals surface area contributed by atoms with Crippen LogP contribution in [0.25, 0.3) is 0 Å². The summed E-state index contributed by atoms with van der Waals surface area (Å²) in [6, 6.07) is 0.979. The zero-order valence-corrected chi connectivity index (χ0v) is 23.1. The van der Waals surface area contributed by atoms with Gasteiger partial charge in [-0.2, -0.15) is 25.9 Å². The molecule has 17 heteroatoms. The maximum Gasteiger partial charge on any atom is 0.418 e. The second-order valence-corrected chi connectivity index (χ2v) is 12.7. The van der Waals surface area contributed by atoms with E-state index in [1.807, 2.05) is 19.0 Å². The van der Waals surface area contributed by atoms with Crippen molar-refractivity contribution in [3.05, 3.63) is 27.8 Å². The quantitative estimate of drug-likeness (QED) is 0.158. The largest absolute Gasteiger partial charge is 0.418 e. The zero-order chi connectivity index (χ0) is 27.5. The minimum Gasteiger partial charge on any atom is -0.367 e. The van der Waals surface area contributed by atoms with E-state index in [0.717, 1.165) is 15.5 Å². The van der Waals surface area contributed by atoms with E-state index in [1.165, 1.54) is 0 Å². The lowest BCUT2D eigenvalue weighted by molar-refractivity contribution is -0.385. The molecule has 0 aliphatic carbocycles. The van der Waals surface area contributed by atoms with Gasteiger partial charge in [0.05, 0.1) is 29.0 Å². The van der Waals surface area contributed by atoms with Crippen molar-refractivity contribution in [2.45, 2.75) is 30.0 Å². The summed E-state index contributed by atoms with van der Waals surface area (Å²) in [7, 11) is -4.86. The molecule has 0 N–H and O–H groups in total. The molecule has 0 spiro atoms. The molecule has 1 aromatic rings. The topological polar surface area (TPSA) is 130 Å². The summed E-state index contributed by atoms with van der Waals surface area (Å²) in [6.45, 7) is -1.12. The number of nitro benzene ring substituents is 1. The number of piperidine rings is 1. The Morgan fingerprint density at radius 2 is 1.75 bits per heavy atom. The number of halogens is 4. The van der Waals surface area contributed by atoms with Crippen molar-refractivity contribution in [2.75, 3.05) is 63.4 Å². The number of alkyl halides is 4. The second kappa shape index (κ2) is 11.9. The van der Waals surface area contributed by atoms with E-state index in [0.29, 0.717) is 18.9 Å². The molecular weight excluding hydrogens is 597 g/mol. The first-order valence-corrected chi connectivity index (χ1v) is 15.1. The summed E-state index contributed by atoms with van der Waals surface area (Å²) in [5.41, 5.74) is -3.34. The van der Waals surface area contributed by atoms with Crippen LogP contribution in [0.4, 0.5) is 24.5 Å². The van der Waals surface area contributed by atoms with E-state index >= 15 is 0 Å². The Hall–Kier alpha value is -1.53. The van der Waals surface area contributed by atoms with Crippen LogP contribution in [-0.2, 0) is 30.5 Å². The number of nitrogens with zero attached hydrogens (tertiary/aromatic N) is 4. The van der Waals surface area contributed by atoms with Crippen molar-refractivity contribution in [1.29, 1.82) is 0 Å². The van der Waals surface area contributed by atoms with E-state index in [1.54, 1.807) is 0 Å². The first-order valence-electron chi connectivity index (χ1n) is 10.7. The molecule has 2 rings (SSSR count). The zero-order valence-electron chi connectivity index (χ0n) is 19.9. The fourth-order valence-electron chi connectivity index (χ4n) is 3.91. The number of sulfonamides is 1. The molecule has 1 saturated heterocycles. The number of anilines is 1. The van der Waals surface area contributed by atoms with Gasteiger partial charge in [0.2, 0.25) is 10.0 Å². The average molecular weight is 625 g/mol. The van der Waals surface area contributed by atoms with Crippen molar-refractivity contribution in [2.24, 2.45) is 0 Å². The molecule has 1 heterocycles. The Balaban J connectivity index is 2.71. The fraction of sp³-hybridized carbons (Fsp3) is 0.684. The van der Waals surface area contributed by atoms with Gasteiger partial charge in [-0.1, -0.05) is 15.9 Å². The van der Waals surface area contributed by atoms with Gasteiger partial charge in [0.25, 0.3) is 15.8 Å². The molecule has 206 valence electrons.